The molecule has 0 aliphatic heterocycles. The summed E-state index contributed by atoms with van der Waals surface area (Å²) in [6, 6.07) is 64.9. The fourth-order valence-corrected chi connectivity index (χ4v) is 9.00. The SMILES string of the molecule is CC1(C)c2ccccc2-c2ccc(N(c3ccccc3)c3c(F)c(F)c(-c4ccc(N(c5ccc(-c6ccccc6)cc5)c5cccc(-c6ccccc6)c5)cc4)c(F)c3F)cc21. The molecule has 306 valence electrons. The Labute approximate surface area is 364 Å². The first-order valence-corrected chi connectivity index (χ1v) is 20.9. The fraction of sp³-hybridized carbons (Fsp3) is 0.0526. The summed E-state index contributed by atoms with van der Waals surface area (Å²) in [7, 11) is 0. The van der Waals surface area contributed by atoms with Gasteiger partial charge in [0.1, 0.15) is 5.69 Å². The smallest absolute Gasteiger partial charge is 0.186 e. The van der Waals surface area contributed by atoms with Gasteiger partial charge in [-0.05, 0) is 111 Å². The van der Waals surface area contributed by atoms with Crippen molar-refractivity contribution in [2.45, 2.75) is 19.3 Å². The van der Waals surface area contributed by atoms with Gasteiger partial charge in [0.25, 0.3) is 0 Å². The van der Waals surface area contributed by atoms with E-state index in [9.17, 15) is 0 Å². The lowest BCUT2D eigenvalue weighted by Gasteiger charge is -2.29. The van der Waals surface area contributed by atoms with Gasteiger partial charge in [-0.1, -0.05) is 159 Å². The average Bonchev–Trinajstić information content (AvgIpc) is 3.56. The number of rotatable bonds is 9. The van der Waals surface area contributed by atoms with Crippen LogP contribution in [0.15, 0.2) is 206 Å². The van der Waals surface area contributed by atoms with E-state index in [-0.39, 0.29) is 5.56 Å². The number of anilines is 6. The molecule has 0 fully saturated rings. The molecule has 1 aliphatic carbocycles. The normalized spacial score (nSPS) is 12.4. The van der Waals surface area contributed by atoms with Crippen LogP contribution in [0.3, 0.4) is 0 Å². The first-order valence-electron chi connectivity index (χ1n) is 20.9. The quantitative estimate of drug-likeness (QED) is 0.106. The molecule has 0 N–H and O–H groups in total. The van der Waals surface area contributed by atoms with Crippen LogP contribution >= 0.6 is 0 Å². The van der Waals surface area contributed by atoms with Gasteiger partial charge in [-0.15, -0.1) is 0 Å². The monoisotopic (exact) mass is 828 g/mol. The van der Waals surface area contributed by atoms with Crippen LogP contribution in [0.2, 0.25) is 0 Å². The van der Waals surface area contributed by atoms with E-state index in [1.165, 1.54) is 17.0 Å². The fourth-order valence-electron chi connectivity index (χ4n) is 9.00. The third-order valence-electron chi connectivity index (χ3n) is 12.2. The minimum atomic E-state index is -1.50. The molecule has 0 atom stereocenters. The molecule has 0 bridgehead atoms. The Kier molecular flexibility index (Phi) is 9.99. The van der Waals surface area contributed by atoms with Gasteiger partial charge in [0, 0.05) is 33.9 Å². The lowest BCUT2D eigenvalue weighted by molar-refractivity contribution is 0.461. The zero-order chi connectivity index (χ0) is 43.2. The number of halogens is 4. The van der Waals surface area contributed by atoms with Gasteiger partial charge in [0.05, 0.1) is 5.56 Å². The Hall–Kier alpha value is -7.70. The lowest BCUT2D eigenvalue weighted by atomic mass is 9.82. The van der Waals surface area contributed by atoms with Crippen LogP contribution < -0.4 is 9.80 Å². The van der Waals surface area contributed by atoms with Crippen molar-refractivity contribution in [2.24, 2.45) is 0 Å². The Balaban J connectivity index is 1.06. The van der Waals surface area contributed by atoms with E-state index < -0.39 is 39.9 Å². The maximum Gasteiger partial charge on any atom is 0.186 e. The van der Waals surface area contributed by atoms with Crippen molar-refractivity contribution in [1.82, 2.24) is 0 Å². The van der Waals surface area contributed by atoms with Crippen molar-refractivity contribution in [2.75, 3.05) is 9.80 Å². The molecular weight excluding hydrogens is 789 g/mol. The summed E-state index contributed by atoms with van der Waals surface area (Å²) in [4.78, 5) is 3.30. The standard InChI is InChI=1S/C57H40F4N2/c1-57(2)49-24-13-12-23-47(49)48-34-33-46(36-50(48)57)63(42-20-10-5-11-21-42)56-54(60)52(58)51(53(59)55(56)61)40-27-31-44(32-28-40)62(43-29-25-39(26-30-43)37-15-6-3-7-16-37)45-22-14-19-41(35-45)38-17-8-4-9-18-38/h3-36H,1-2H3. The van der Waals surface area contributed by atoms with Gasteiger partial charge < -0.3 is 9.80 Å². The van der Waals surface area contributed by atoms with Crippen LogP contribution in [0.1, 0.15) is 25.0 Å². The molecule has 63 heavy (non-hydrogen) atoms. The van der Waals surface area contributed by atoms with Crippen LogP contribution in [-0.4, -0.2) is 0 Å². The Morgan fingerprint density at radius 3 is 1.37 bits per heavy atom. The van der Waals surface area contributed by atoms with Crippen molar-refractivity contribution >= 4 is 34.1 Å². The van der Waals surface area contributed by atoms with Crippen molar-refractivity contribution in [1.29, 1.82) is 0 Å². The third kappa shape index (κ3) is 6.94. The van der Waals surface area contributed by atoms with Crippen molar-refractivity contribution in [3.05, 3.63) is 241 Å². The van der Waals surface area contributed by atoms with Crippen LogP contribution in [0.5, 0.6) is 0 Å². The van der Waals surface area contributed by atoms with E-state index in [4.69, 9.17) is 0 Å². The maximum absolute atomic E-state index is 16.8. The van der Waals surface area contributed by atoms with Gasteiger partial charge in [-0.2, -0.15) is 0 Å². The van der Waals surface area contributed by atoms with E-state index in [0.29, 0.717) is 17.1 Å². The van der Waals surface area contributed by atoms with Gasteiger partial charge in [-0.25, -0.2) is 17.6 Å². The van der Waals surface area contributed by atoms with Crippen molar-refractivity contribution in [3.63, 3.8) is 0 Å². The van der Waals surface area contributed by atoms with Gasteiger partial charge in [0.15, 0.2) is 23.3 Å². The number of hydrogen-bond acceptors (Lipinski definition) is 2. The Bertz CT molecular complexity index is 3080. The Morgan fingerprint density at radius 1 is 0.317 bits per heavy atom. The predicted molar refractivity (Wildman–Crippen MR) is 250 cm³/mol. The molecule has 0 unspecified atom stereocenters. The van der Waals surface area contributed by atoms with E-state index >= 15 is 17.6 Å². The molecule has 0 amide bonds. The summed E-state index contributed by atoms with van der Waals surface area (Å²) in [6.45, 7) is 4.19. The third-order valence-corrected chi connectivity index (χ3v) is 12.2. The molecule has 0 saturated heterocycles. The highest BCUT2D eigenvalue weighted by molar-refractivity contribution is 5.87. The zero-order valence-corrected chi connectivity index (χ0v) is 34.5. The molecule has 2 nitrogen and oxygen atoms in total. The number of benzene rings is 9. The first-order chi connectivity index (χ1) is 30.7. The number of para-hydroxylation sites is 1. The van der Waals surface area contributed by atoms with Crippen LogP contribution in [0.4, 0.5) is 51.7 Å². The molecule has 6 heteroatoms. The topological polar surface area (TPSA) is 6.48 Å². The Morgan fingerprint density at radius 2 is 0.746 bits per heavy atom. The average molecular weight is 829 g/mol. The predicted octanol–water partition coefficient (Wildman–Crippen LogP) is 16.5. The molecule has 10 rings (SSSR count). The molecule has 9 aromatic rings. The second-order valence-electron chi connectivity index (χ2n) is 16.3. The molecule has 0 spiro atoms. The van der Waals surface area contributed by atoms with Gasteiger partial charge in [0.2, 0.25) is 0 Å². The van der Waals surface area contributed by atoms with E-state index in [1.807, 2.05) is 120 Å². The van der Waals surface area contributed by atoms with E-state index in [1.54, 1.807) is 48.5 Å². The zero-order valence-electron chi connectivity index (χ0n) is 34.5. The van der Waals surface area contributed by atoms with Crippen LogP contribution in [0.25, 0.3) is 44.5 Å². The van der Waals surface area contributed by atoms with Crippen molar-refractivity contribution < 1.29 is 17.6 Å². The minimum Gasteiger partial charge on any atom is -0.310 e. The van der Waals surface area contributed by atoms with Gasteiger partial charge in [-0.3, -0.25) is 0 Å². The highest BCUT2D eigenvalue weighted by atomic mass is 19.2. The number of fused-ring (bicyclic) bond motifs is 3. The summed E-state index contributed by atoms with van der Waals surface area (Å²) in [5, 5.41) is 0. The summed E-state index contributed by atoms with van der Waals surface area (Å²) < 4.78 is 66.9. The molecular formula is C57H40F4N2. The summed E-state index contributed by atoms with van der Waals surface area (Å²) in [5.74, 6) is -5.98. The highest BCUT2D eigenvalue weighted by Crippen LogP contribution is 2.51. The molecule has 0 saturated carbocycles. The summed E-state index contributed by atoms with van der Waals surface area (Å²) in [6.07, 6.45) is 0. The second kappa shape index (κ2) is 16.0. The van der Waals surface area contributed by atoms with Crippen LogP contribution in [-0.2, 0) is 5.41 Å². The van der Waals surface area contributed by atoms with E-state index in [2.05, 4.69) is 44.2 Å². The second-order valence-corrected chi connectivity index (χ2v) is 16.3. The summed E-state index contributed by atoms with van der Waals surface area (Å²) in [5.41, 5.74) is 9.29. The van der Waals surface area contributed by atoms with Gasteiger partial charge >= 0.3 is 0 Å². The largest absolute Gasteiger partial charge is 0.310 e. The molecule has 0 heterocycles. The van der Waals surface area contributed by atoms with Crippen LogP contribution in [0, 0.1) is 23.3 Å². The minimum absolute atomic E-state index is 0.0150. The molecule has 0 aromatic heterocycles. The first kappa shape index (κ1) is 39.4. The molecule has 0 radical (unpaired) electrons. The van der Waals surface area contributed by atoms with Crippen molar-refractivity contribution in [3.8, 4) is 44.5 Å². The number of nitrogens with zero attached hydrogens (tertiary/aromatic N) is 2. The highest BCUT2D eigenvalue weighted by Gasteiger charge is 2.37. The number of hydrogen-bond donors (Lipinski definition) is 0. The molecule has 1 aliphatic rings. The molecule has 9 aromatic carbocycles. The lowest BCUT2D eigenvalue weighted by Crippen LogP contribution is -2.19. The van der Waals surface area contributed by atoms with E-state index in [0.717, 1.165) is 55.9 Å². The maximum atomic E-state index is 16.8. The summed E-state index contributed by atoms with van der Waals surface area (Å²) >= 11 is 0.